The number of hydrogen-bond donors (Lipinski definition) is 2. The molecule has 1 aliphatic carbocycles. The van der Waals surface area contributed by atoms with Crippen molar-refractivity contribution in [3.63, 3.8) is 0 Å². The monoisotopic (exact) mass is 429 g/mol. The van der Waals surface area contributed by atoms with Crippen LogP contribution in [0.15, 0.2) is 6.20 Å². The molecule has 2 atom stereocenters. The van der Waals surface area contributed by atoms with Gasteiger partial charge in [-0.1, -0.05) is 18.3 Å². The van der Waals surface area contributed by atoms with E-state index in [0.29, 0.717) is 17.6 Å². The van der Waals surface area contributed by atoms with Gasteiger partial charge in [0.1, 0.15) is 6.04 Å². The van der Waals surface area contributed by atoms with E-state index in [1.807, 2.05) is 13.1 Å². The topological polar surface area (TPSA) is 117 Å². The van der Waals surface area contributed by atoms with E-state index in [2.05, 4.69) is 34.0 Å². The molecule has 30 heavy (non-hydrogen) atoms. The average molecular weight is 430 g/mol. The molecule has 10 heteroatoms. The first-order chi connectivity index (χ1) is 14.4. The second-order valence-electron chi connectivity index (χ2n) is 7.75. The lowest BCUT2D eigenvalue weighted by atomic mass is 10.00. The van der Waals surface area contributed by atoms with E-state index in [0.717, 1.165) is 54.2 Å². The highest BCUT2D eigenvalue weighted by atomic mass is 32.1. The number of rotatable bonds is 5. The van der Waals surface area contributed by atoms with Gasteiger partial charge in [0.25, 0.3) is 0 Å². The Hall–Kier alpha value is -2.75. The summed E-state index contributed by atoms with van der Waals surface area (Å²) in [7, 11) is 0. The van der Waals surface area contributed by atoms with Crippen molar-refractivity contribution in [1.29, 1.82) is 0 Å². The van der Waals surface area contributed by atoms with Gasteiger partial charge in [-0.3, -0.25) is 10.1 Å². The molecule has 2 aromatic heterocycles. The zero-order valence-corrected chi connectivity index (χ0v) is 18.3. The minimum Gasteiger partial charge on any atom is -0.368 e. The molecule has 1 fully saturated rings. The molecule has 3 heterocycles. The second kappa shape index (κ2) is 8.17. The van der Waals surface area contributed by atoms with E-state index in [1.165, 1.54) is 16.2 Å². The summed E-state index contributed by atoms with van der Waals surface area (Å²) < 4.78 is 0. The molecule has 0 spiro atoms. The number of urea groups is 1. The van der Waals surface area contributed by atoms with E-state index in [1.54, 1.807) is 0 Å². The Balaban J connectivity index is 1.58. The highest BCUT2D eigenvalue weighted by Gasteiger charge is 2.38. The number of amides is 3. The summed E-state index contributed by atoms with van der Waals surface area (Å²) >= 11 is 1.42. The molecule has 0 bridgehead atoms. The quantitative estimate of drug-likeness (QED) is 0.753. The number of carbonyl (C=O) groups is 2. The number of thiazole rings is 1. The van der Waals surface area contributed by atoms with Crippen LogP contribution in [0.5, 0.6) is 0 Å². The van der Waals surface area contributed by atoms with Crippen molar-refractivity contribution in [2.24, 2.45) is 11.7 Å². The predicted octanol–water partition coefficient (Wildman–Crippen LogP) is 2.27. The highest BCUT2D eigenvalue weighted by Crippen LogP contribution is 2.39. The number of aryl methyl sites for hydroxylation is 2. The van der Waals surface area contributed by atoms with Crippen molar-refractivity contribution < 1.29 is 9.59 Å². The lowest BCUT2D eigenvalue weighted by Crippen LogP contribution is -2.47. The second-order valence-corrected chi connectivity index (χ2v) is 8.75. The molecule has 9 nitrogen and oxygen atoms in total. The lowest BCUT2D eigenvalue weighted by Gasteiger charge is -2.23. The summed E-state index contributed by atoms with van der Waals surface area (Å²) in [5, 5.41) is 3.39. The average Bonchev–Trinajstić information content (AvgIpc) is 3.32. The number of likely N-dealkylation sites (tertiary alicyclic amines) is 1. The molecule has 0 aromatic carbocycles. The molecule has 3 N–H and O–H groups in total. The fourth-order valence-electron chi connectivity index (χ4n) is 4.22. The van der Waals surface area contributed by atoms with E-state index >= 15 is 0 Å². The molecule has 4 rings (SSSR count). The summed E-state index contributed by atoms with van der Waals surface area (Å²) in [6.07, 6.45) is 4.27. The van der Waals surface area contributed by atoms with Gasteiger partial charge in [-0.15, -0.1) is 0 Å². The fourth-order valence-corrected chi connectivity index (χ4v) is 5.25. The molecule has 3 amide bonds. The normalized spacial score (nSPS) is 19.9. The van der Waals surface area contributed by atoms with Gasteiger partial charge in [0.2, 0.25) is 11.9 Å². The molecule has 0 radical (unpaired) electrons. The van der Waals surface area contributed by atoms with Crippen LogP contribution < -0.4 is 16.0 Å². The Morgan fingerprint density at radius 2 is 2.07 bits per heavy atom. The Kier molecular flexibility index (Phi) is 5.59. The number of anilines is 2. The third kappa shape index (κ3) is 3.60. The standard InChI is InChI=1S/C20H27N7O2S/c1-4-26(5-2)18-22-10-12-6-7-13-16(14(12)24-18)30-19(23-13)25-20(29)27-9-8-11(3)15(27)17(21)28/h10-11,15H,4-9H2,1-3H3,(H2,21,28)(H,23,25,29)/t11-,15+/m1/s1. The Morgan fingerprint density at radius 3 is 2.77 bits per heavy atom. The maximum Gasteiger partial charge on any atom is 0.324 e. The van der Waals surface area contributed by atoms with Crippen LogP contribution in [0, 0.1) is 5.92 Å². The zero-order valence-electron chi connectivity index (χ0n) is 17.5. The van der Waals surface area contributed by atoms with Crippen LogP contribution in [0.2, 0.25) is 0 Å². The van der Waals surface area contributed by atoms with Crippen molar-refractivity contribution in [2.75, 3.05) is 29.9 Å². The lowest BCUT2D eigenvalue weighted by molar-refractivity contribution is -0.122. The van der Waals surface area contributed by atoms with Crippen molar-refractivity contribution in [2.45, 2.75) is 46.1 Å². The molecule has 1 aliphatic heterocycles. The molecule has 1 saturated heterocycles. The van der Waals surface area contributed by atoms with Gasteiger partial charge < -0.3 is 15.5 Å². The molecular formula is C20H27N7O2S. The van der Waals surface area contributed by atoms with Crippen molar-refractivity contribution >= 4 is 34.4 Å². The SMILES string of the molecule is CCN(CC)c1ncc2c(n1)-c1sc(NC(=O)N3CC[C@@H](C)[C@H]3C(N)=O)nc1CC2. The first-order valence-corrected chi connectivity index (χ1v) is 11.2. The van der Waals surface area contributed by atoms with E-state index in [4.69, 9.17) is 10.7 Å². The third-order valence-electron chi connectivity index (χ3n) is 5.91. The van der Waals surface area contributed by atoms with Crippen LogP contribution in [-0.2, 0) is 17.6 Å². The minimum absolute atomic E-state index is 0.0554. The molecule has 2 aliphatic rings. The minimum atomic E-state index is -0.579. The summed E-state index contributed by atoms with van der Waals surface area (Å²) in [6.45, 7) is 8.28. The van der Waals surface area contributed by atoms with Crippen LogP contribution in [-0.4, -0.2) is 57.5 Å². The molecule has 0 unspecified atom stereocenters. The van der Waals surface area contributed by atoms with Crippen LogP contribution >= 0.6 is 11.3 Å². The number of nitrogens with two attached hydrogens (primary N) is 1. The van der Waals surface area contributed by atoms with E-state index < -0.39 is 11.9 Å². The molecule has 0 saturated carbocycles. The smallest absolute Gasteiger partial charge is 0.324 e. The molecule has 2 aromatic rings. The summed E-state index contributed by atoms with van der Waals surface area (Å²) in [5.74, 6) is 0.295. The predicted molar refractivity (Wildman–Crippen MR) is 117 cm³/mol. The maximum atomic E-state index is 12.8. The highest BCUT2D eigenvalue weighted by molar-refractivity contribution is 7.19. The van der Waals surface area contributed by atoms with Gasteiger partial charge in [0, 0.05) is 25.8 Å². The number of hydrogen-bond acceptors (Lipinski definition) is 7. The van der Waals surface area contributed by atoms with Gasteiger partial charge in [-0.2, -0.15) is 0 Å². The van der Waals surface area contributed by atoms with Crippen molar-refractivity contribution in [1.82, 2.24) is 19.9 Å². The number of aromatic nitrogens is 3. The Bertz CT molecular complexity index is 972. The first-order valence-electron chi connectivity index (χ1n) is 10.4. The van der Waals surface area contributed by atoms with Crippen molar-refractivity contribution in [3.05, 3.63) is 17.5 Å². The summed E-state index contributed by atoms with van der Waals surface area (Å²) in [5.41, 5.74) is 8.45. The number of fused-ring (bicyclic) bond motifs is 3. The Labute approximate surface area is 179 Å². The third-order valence-corrected chi connectivity index (χ3v) is 6.93. The van der Waals surface area contributed by atoms with Crippen LogP contribution in [0.25, 0.3) is 10.6 Å². The Morgan fingerprint density at radius 1 is 1.30 bits per heavy atom. The van der Waals surface area contributed by atoms with Crippen molar-refractivity contribution in [3.8, 4) is 10.6 Å². The van der Waals surface area contributed by atoms with Gasteiger partial charge in [-0.25, -0.2) is 19.7 Å². The van der Waals surface area contributed by atoms with Crippen LogP contribution in [0.1, 0.15) is 38.4 Å². The fraction of sp³-hybridized carbons (Fsp3) is 0.550. The van der Waals surface area contributed by atoms with Gasteiger partial charge in [0.05, 0.1) is 16.3 Å². The number of nitrogens with zero attached hydrogens (tertiary/aromatic N) is 5. The number of carbonyl (C=O) groups excluding carboxylic acids is 2. The van der Waals surface area contributed by atoms with Gasteiger partial charge in [0.15, 0.2) is 5.13 Å². The summed E-state index contributed by atoms with van der Waals surface area (Å²) in [4.78, 5) is 43.1. The van der Waals surface area contributed by atoms with Crippen LogP contribution in [0.3, 0.4) is 0 Å². The number of nitrogens with one attached hydrogen (secondary N) is 1. The largest absolute Gasteiger partial charge is 0.368 e. The molecule has 160 valence electrons. The number of primary amides is 1. The van der Waals surface area contributed by atoms with Gasteiger partial charge >= 0.3 is 6.03 Å². The van der Waals surface area contributed by atoms with E-state index in [9.17, 15) is 9.59 Å². The van der Waals surface area contributed by atoms with Gasteiger partial charge in [-0.05, 0) is 44.6 Å². The first kappa shape index (κ1) is 20.5. The summed E-state index contributed by atoms with van der Waals surface area (Å²) in [6, 6.07) is -0.911. The molecular weight excluding hydrogens is 402 g/mol. The van der Waals surface area contributed by atoms with Crippen LogP contribution in [0.4, 0.5) is 15.9 Å². The van der Waals surface area contributed by atoms with E-state index in [-0.39, 0.29) is 11.9 Å². The zero-order chi connectivity index (χ0) is 21.4. The maximum absolute atomic E-state index is 12.8.